The monoisotopic (exact) mass is 114 g/mol. The molecule has 0 aliphatic heterocycles. The lowest BCUT2D eigenvalue weighted by atomic mass is 10.9. The van der Waals surface area contributed by atoms with Crippen LogP contribution in [-0.4, -0.2) is 13.0 Å². The predicted molar refractivity (Wildman–Crippen MR) is 18.9 cm³/mol. The first-order chi connectivity index (χ1) is 3.15. The zero-order valence-electron chi connectivity index (χ0n) is 3.75. The van der Waals surface area contributed by atoms with Gasteiger partial charge in [-0.25, -0.2) is 8.78 Å². The Kier molecular flexibility index (Phi) is 12.5. The van der Waals surface area contributed by atoms with E-state index in [1.807, 2.05) is 0 Å². The van der Waals surface area contributed by atoms with E-state index >= 15 is 0 Å². The topological polar surface area (TPSA) is 17.1 Å². The zero-order chi connectivity index (χ0) is 6.28. The maximum Gasteiger partial charge on any atom is 0.298 e. The number of rotatable bonds is 0. The summed E-state index contributed by atoms with van der Waals surface area (Å²) in [4.78, 5) is 8.78. The number of carbonyl (C=O) groups excluding carboxylic acids is 1. The van der Waals surface area contributed by atoms with Gasteiger partial charge in [0.05, 0.1) is 0 Å². The predicted octanol–water partition coefficient (Wildman–Crippen LogP) is 1.39. The van der Waals surface area contributed by atoms with Crippen molar-refractivity contribution in [2.75, 3.05) is 6.93 Å². The fourth-order valence-corrected chi connectivity index (χ4v) is 0. The van der Waals surface area contributed by atoms with Gasteiger partial charge >= 0.3 is 0 Å². The van der Waals surface area contributed by atoms with Crippen LogP contribution in [0.25, 0.3) is 0 Å². The molecule has 0 aliphatic carbocycles. The molecule has 0 amide bonds. The molecule has 0 unspecified atom stereocenters. The SMILES string of the molecule is CC(=O)F.FCF. The molecule has 0 N–H and O–H groups in total. The van der Waals surface area contributed by atoms with Gasteiger partial charge in [-0.15, -0.1) is 0 Å². The molecule has 0 saturated heterocycles. The van der Waals surface area contributed by atoms with Crippen LogP contribution in [0.2, 0.25) is 0 Å². The van der Waals surface area contributed by atoms with Crippen molar-refractivity contribution < 1.29 is 18.0 Å². The van der Waals surface area contributed by atoms with E-state index < -0.39 is 13.0 Å². The lowest BCUT2D eigenvalue weighted by molar-refractivity contribution is -0.126. The summed E-state index contributed by atoms with van der Waals surface area (Å²) in [5.41, 5.74) is 0. The summed E-state index contributed by atoms with van der Waals surface area (Å²) in [5, 5.41) is 0. The summed E-state index contributed by atoms with van der Waals surface area (Å²) in [5.74, 6) is 0. The van der Waals surface area contributed by atoms with Crippen LogP contribution in [0.4, 0.5) is 13.2 Å². The minimum Gasteiger partial charge on any atom is -0.262 e. The molecular weight excluding hydrogens is 109 g/mol. The molecule has 7 heavy (non-hydrogen) atoms. The highest BCUT2D eigenvalue weighted by Gasteiger charge is 1.69. The van der Waals surface area contributed by atoms with Gasteiger partial charge in [-0.05, 0) is 0 Å². The first kappa shape index (κ1) is 9.68. The van der Waals surface area contributed by atoms with Gasteiger partial charge in [0.1, 0.15) is 0 Å². The molecule has 0 fully saturated rings. The van der Waals surface area contributed by atoms with Crippen LogP contribution < -0.4 is 0 Å². The summed E-state index contributed by atoms with van der Waals surface area (Å²) in [6, 6.07) is -1.33. The Morgan fingerprint density at radius 3 is 1.57 bits per heavy atom. The van der Waals surface area contributed by atoms with E-state index in [2.05, 4.69) is 0 Å². The first-order valence-electron chi connectivity index (χ1n) is 1.43. The highest BCUT2D eigenvalue weighted by molar-refractivity contribution is 5.64. The minimum atomic E-state index is -1.75. The van der Waals surface area contributed by atoms with Gasteiger partial charge in [-0.2, -0.15) is 4.39 Å². The third kappa shape index (κ3) is 224. The molecule has 1 nitrogen and oxygen atoms in total. The van der Waals surface area contributed by atoms with Crippen molar-refractivity contribution in [1.82, 2.24) is 0 Å². The zero-order valence-corrected chi connectivity index (χ0v) is 3.75. The molecule has 0 radical (unpaired) electrons. The van der Waals surface area contributed by atoms with Crippen LogP contribution in [0.1, 0.15) is 6.92 Å². The second-order valence-corrected chi connectivity index (χ2v) is 0.571. The summed E-state index contributed by atoms with van der Waals surface area (Å²) >= 11 is 0. The molecule has 0 heterocycles. The molecule has 0 aromatic heterocycles. The molecule has 4 heteroatoms. The van der Waals surface area contributed by atoms with Crippen molar-refractivity contribution in [2.24, 2.45) is 0 Å². The minimum absolute atomic E-state index is 0.861. The van der Waals surface area contributed by atoms with Crippen molar-refractivity contribution in [2.45, 2.75) is 6.92 Å². The van der Waals surface area contributed by atoms with Crippen LogP contribution in [-0.2, 0) is 4.79 Å². The molecule has 0 atom stereocenters. The quantitative estimate of drug-likeness (QED) is 0.435. The maximum absolute atomic E-state index is 10.4. The van der Waals surface area contributed by atoms with Crippen molar-refractivity contribution in [1.29, 1.82) is 0 Å². The van der Waals surface area contributed by atoms with Crippen LogP contribution in [0.15, 0.2) is 0 Å². The summed E-state index contributed by atoms with van der Waals surface area (Å²) in [7, 11) is 0. The molecule has 44 valence electrons. The Bertz CT molecular complexity index is 41.4. The van der Waals surface area contributed by atoms with Gasteiger partial charge in [-0.1, -0.05) is 0 Å². The largest absolute Gasteiger partial charge is 0.298 e. The fourth-order valence-electron chi connectivity index (χ4n) is 0. The fraction of sp³-hybridized carbons (Fsp3) is 0.667. The summed E-state index contributed by atoms with van der Waals surface area (Å²) < 4.78 is 29.6. The van der Waals surface area contributed by atoms with Crippen molar-refractivity contribution in [3.8, 4) is 0 Å². The van der Waals surface area contributed by atoms with Crippen molar-refractivity contribution in [3.05, 3.63) is 0 Å². The molecule has 0 aromatic carbocycles. The Hall–Kier alpha value is -0.540. The Labute approximate surface area is 39.1 Å². The third-order valence-electron chi connectivity index (χ3n) is 0. The average molecular weight is 114 g/mol. The first-order valence-corrected chi connectivity index (χ1v) is 1.43. The molecule has 0 aromatic rings. The summed E-state index contributed by atoms with van der Waals surface area (Å²) in [6.45, 7) is -0.889. The molecule has 0 bridgehead atoms. The van der Waals surface area contributed by atoms with Crippen LogP contribution in [0, 0.1) is 0 Å². The van der Waals surface area contributed by atoms with E-state index in [-0.39, 0.29) is 0 Å². The Morgan fingerprint density at radius 2 is 1.57 bits per heavy atom. The van der Waals surface area contributed by atoms with E-state index in [4.69, 9.17) is 4.79 Å². The van der Waals surface area contributed by atoms with Gasteiger partial charge < -0.3 is 0 Å². The number of carbonyl (C=O) groups is 1. The molecule has 0 spiro atoms. The molecule has 0 aliphatic rings. The average Bonchev–Trinajstić information content (AvgIpc) is 1.33. The molecular formula is C3H5F3O. The number of hydrogen-bond donors (Lipinski definition) is 0. The second-order valence-electron chi connectivity index (χ2n) is 0.571. The van der Waals surface area contributed by atoms with Crippen LogP contribution in [0.3, 0.4) is 0 Å². The molecule has 0 saturated carbocycles. The highest BCUT2D eigenvalue weighted by Crippen LogP contribution is 1.58. The van der Waals surface area contributed by atoms with E-state index in [1.165, 1.54) is 0 Å². The molecule has 0 rings (SSSR count). The Balaban J connectivity index is 0. The number of alkyl halides is 2. The highest BCUT2D eigenvalue weighted by atomic mass is 19.3. The van der Waals surface area contributed by atoms with E-state index in [1.54, 1.807) is 0 Å². The van der Waals surface area contributed by atoms with E-state index in [0.29, 0.717) is 0 Å². The number of halogens is 3. The van der Waals surface area contributed by atoms with E-state index in [0.717, 1.165) is 6.92 Å². The van der Waals surface area contributed by atoms with E-state index in [9.17, 15) is 13.2 Å². The van der Waals surface area contributed by atoms with Crippen LogP contribution >= 0.6 is 0 Å². The normalized spacial score (nSPS) is 6.29. The van der Waals surface area contributed by atoms with Crippen LogP contribution in [0.5, 0.6) is 0 Å². The lowest BCUT2D eigenvalue weighted by Crippen LogP contribution is -1.65. The van der Waals surface area contributed by atoms with Crippen molar-refractivity contribution >= 4 is 6.04 Å². The lowest BCUT2D eigenvalue weighted by Gasteiger charge is -1.50. The summed E-state index contributed by atoms with van der Waals surface area (Å²) in [6.07, 6.45) is 0. The standard InChI is InChI=1S/C2H3FO.CH2F2/c1-2(3)4;2-1-3/h1H3;1H2. The van der Waals surface area contributed by atoms with Gasteiger partial charge in [0.2, 0.25) is 6.93 Å². The maximum atomic E-state index is 10.4. The number of hydrogen-bond acceptors (Lipinski definition) is 1. The van der Waals surface area contributed by atoms with Gasteiger partial charge in [0, 0.05) is 6.92 Å². The van der Waals surface area contributed by atoms with Crippen molar-refractivity contribution in [3.63, 3.8) is 0 Å². The second kappa shape index (κ2) is 9.07. The van der Waals surface area contributed by atoms with Gasteiger partial charge in [0.25, 0.3) is 6.04 Å². The van der Waals surface area contributed by atoms with Gasteiger partial charge in [-0.3, -0.25) is 4.79 Å². The van der Waals surface area contributed by atoms with Gasteiger partial charge in [0.15, 0.2) is 0 Å². The third-order valence-corrected chi connectivity index (χ3v) is 0. The smallest absolute Gasteiger partial charge is 0.262 e. The Morgan fingerprint density at radius 1 is 1.57 bits per heavy atom.